The molecule has 3 N–H and O–H groups in total. The number of carbonyl (C=O) groups excluding carboxylic acids is 2. The molecule has 0 spiro atoms. The van der Waals surface area contributed by atoms with E-state index in [0.29, 0.717) is 5.02 Å². The zero-order valence-corrected chi connectivity index (χ0v) is 12.7. The summed E-state index contributed by atoms with van der Waals surface area (Å²) in [6, 6.07) is 4.42. The molecule has 1 aromatic rings. The predicted molar refractivity (Wildman–Crippen MR) is 78.6 cm³/mol. The number of esters is 1. The molecule has 1 rings (SSSR count). The monoisotopic (exact) mass is 298 g/mol. The van der Waals surface area contributed by atoms with Gasteiger partial charge in [-0.25, -0.2) is 4.79 Å². The quantitative estimate of drug-likeness (QED) is 0.663. The lowest BCUT2D eigenvalue weighted by Crippen LogP contribution is -2.46. The largest absolute Gasteiger partial charge is 0.449 e. The van der Waals surface area contributed by atoms with Crippen LogP contribution in [0.3, 0.4) is 0 Å². The molecule has 1 amide bonds. The Hall–Kier alpha value is -1.75. The summed E-state index contributed by atoms with van der Waals surface area (Å²) in [5, 5.41) is 3.10. The van der Waals surface area contributed by atoms with Gasteiger partial charge in [-0.15, -0.1) is 0 Å². The van der Waals surface area contributed by atoms with Gasteiger partial charge in [0.2, 0.25) is 0 Å². The first kappa shape index (κ1) is 16.3. The summed E-state index contributed by atoms with van der Waals surface area (Å²) in [4.78, 5) is 23.7. The lowest BCUT2D eigenvalue weighted by atomic mass is 10.1. The molecule has 0 aliphatic carbocycles. The third-order valence-corrected chi connectivity index (χ3v) is 2.73. The molecule has 1 aromatic carbocycles. The number of rotatable bonds is 3. The van der Waals surface area contributed by atoms with Gasteiger partial charge in [0, 0.05) is 5.54 Å². The van der Waals surface area contributed by atoms with Crippen LogP contribution < -0.4 is 11.1 Å². The van der Waals surface area contributed by atoms with Gasteiger partial charge in [0.15, 0.2) is 6.10 Å². The molecule has 5 nitrogen and oxygen atoms in total. The molecule has 0 saturated carbocycles. The molecule has 20 heavy (non-hydrogen) atoms. The highest BCUT2D eigenvalue weighted by molar-refractivity contribution is 6.33. The number of hydrogen-bond acceptors (Lipinski definition) is 4. The smallest absolute Gasteiger partial charge is 0.338 e. The van der Waals surface area contributed by atoms with E-state index < -0.39 is 12.1 Å². The van der Waals surface area contributed by atoms with E-state index in [0.717, 1.165) is 0 Å². The van der Waals surface area contributed by atoms with Crippen molar-refractivity contribution < 1.29 is 14.3 Å². The second-order valence-electron chi connectivity index (χ2n) is 5.52. The molecule has 0 aliphatic heterocycles. The molecule has 0 heterocycles. The predicted octanol–water partition coefficient (Wildman–Crippen LogP) is 2.38. The van der Waals surface area contributed by atoms with Crippen LogP contribution >= 0.6 is 11.6 Å². The number of carbonyl (C=O) groups is 2. The lowest BCUT2D eigenvalue weighted by molar-refractivity contribution is -0.130. The van der Waals surface area contributed by atoms with Gasteiger partial charge >= 0.3 is 5.97 Å². The zero-order chi connectivity index (χ0) is 15.5. The van der Waals surface area contributed by atoms with Crippen LogP contribution in [0.15, 0.2) is 18.2 Å². The van der Waals surface area contributed by atoms with Crippen LogP contribution in [-0.4, -0.2) is 23.5 Å². The summed E-state index contributed by atoms with van der Waals surface area (Å²) in [5.41, 5.74) is 5.76. The third-order valence-electron chi connectivity index (χ3n) is 2.38. The van der Waals surface area contributed by atoms with Crippen LogP contribution in [0.5, 0.6) is 0 Å². The number of anilines is 1. The van der Waals surface area contributed by atoms with E-state index in [1.807, 2.05) is 20.8 Å². The second kappa shape index (κ2) is 6.13. The van der Waals surface area contributed by atoms with Crippen LogP contribution in [0.4, 0.5) is 5.69 Å². The Morgan fingerprint density at radius 2 is 1.95 bits per heavy atom. The highest BCUT2D eigenvalue weighted by Crippen LogP contribution is 2.20. The maximum Gasteiger partial charge on any atom is 0.338 e. The lowest BCUT2D eigenvalue weighted by Gasteiger charge is -2.23. The molecular formula is C14H19ClN2O3. The average Bonchev–Trinajstić information content (AvgIpc) is 2.30. The number of nitrogens with one attached hydrogen (secondary N) is 1. The Bertz CT molecular complexity index is 524. The zero-order valence-electron chi connectivity index (χ0n) is 12.0. The van der Waals surface area contributed by atoms with Crippen molar-refractivity contribution in [3.63, 3.8) is 0 Å². The van der Waals surface area contributed by atoms with E-state index in [9.17, 15) is 9.59 Å². The first-order valence-corrected chi connectivity index (χ1v) is 6.56. The van der Waals surface area contributed by atoms with Crippen molar-refractivity contribution in [1.82, 2.24) is 5.32 Å². The Kier molecular flexibility index (Phi) is 5.00. The SMILES string of the molecule is CC(OC(=O)c1ccc(Cl)c(N)c1)C(=O)NC(C)(C)C. The first-order valence-electron chi connectivity index (χ1n) is 6.18. The summed E-state index contributed by atoms with van der Waals surface area (Å²) in [7, 11) is 0. The second-order valence-corrected chi connectivity index (χ2v) is 5.93. The Balaban J connectivity index is 2.70. The van der Waals surface area contributed by atoms with Crippen LogP contribution in [0.2, 0.25) is 5.02 Å². The van der Waals surface area contributed by atoms with Crippen molar-refractivity contribution >= 4 is 29.2 Å². The number of ether oxygens (including phenoxy) is 1. The molecule has 110 valence electrons. The number of halogens is 1. The van der Waals surface area contributed by atoms with Crippen LogP contribution in [0.25, 0.3) is 0 Å². The molecule has 0 fully saturated rings. The maximum absolute atomic E-state index is 11.9. The van der Waals surface area contributed by atoms with Crippen LogP contribution in [0.1, 0.15) is 38.1 Å². The standard InChI is InChI=1S/C14H19ClN2O3/c1-8(12(18)17-14(2,3)4)20-13(19)9-5-6-10(15)11(16)7-9/h5-8H,16H2,1-4H3,(H,17,18). The van der Waals surface area contributed by atoms with Gasteiger partial charge < -0.3 is 15.8 Å². The van der Waals surface area contributed by atoms with Crippen molar-refractivity contribution in [3.8, 4) is 0 Å². The van der Waals surface area contributed by atoms with Crippen LogP contribution in [0, 0.1) is 0 Å². The van der Waals surface area contributed by atoms with E-state index in [1.54, 1.807) is 0 Å². The number of amides is 1. The van der Waals surface area contributed by atoms with E-state index in [-0.39, 0.29) is 22.7 Å². The van der Waals surface area contributed by atoms with Gasteiger partial charge in [-0.05, 0) is 45.9 Å². The van der Waals surface area contributed by atoms with Crippen molar-refractivity contribution in [3.05, 3.63) is 28.8 Å². The molecule has 0 bridgehead atoms. The van der Waals surface area contributed by atoms with Gasteiger partial charge in [-0.1, -0.05) is 11.6 Å². The fourth-order valence-electron chi connectivity index (χ4n) is 1.42. The van der Waals surface area contributed by atoms with Gasteiger partial charge in [0.25, 0.3) is 5.91 Å². The molecule has 0 aromatic heterocycles. The molecule has 0 radical (unpaired) electrons. The van der Waals surface area contributed by atoms with Crippen molar-refractivity contribution in [2.45, 2.75) is 39.3 Å². The van der Waals surface area contributed by atoms with E-state index in [4.69, 9.17) is 22.1 Å². The number of nitrogen functional groups attached to an aromatic ring is 1. The Morgan fingerprint density at radius 1 is 1.35 bits per heavy atom. The molecule has 0 aliphatic rings. The minimum absolute atomic E-state index is 0.252. The summed E-state index contributed by atoms with van der Waals surface area (Å²) >= 11 is 5.77. The number of hydrogen-bond donors (Lipinski definition) is 2. The summed E-state index contributed by atoms with van der Waals surface area (Å²) in [6.07, 6.45) is -0.890. The van der Waals surface area contributed by atoms with E-state index in [1.165, 1.54) is 25.1 Å². The third kappa shape index (κ3) is 4.74. The normalized spacial score (nSPS) is 12.7. The topological polar surface area (TPSA) is 81.4 Å². The van der Waals surface area contributed by atoms with Gasteiger partial charge in [-0.3, -0.25) is 4.79 Å². The minimum atomic E-state index is -0.890. The fourth-order valence-corrected chi connectivity index (χ4v) is 1.54. The molecule has 1 unspecified atom stereocenters. The summed E-state index contributed by atoms with van der Waals surface area (Å²) in [5.74, 6) is -0.974. The Morgan fingerprint density at radius 3 is 2.45 bits per heavy atom. The molecule has 6 heteroatoms. The number of nitrogens with two attached hydrogens (primary N) is 1. The van der Waals surface area contributed by atoms with Crippen LogP contribution in [-0.2, 0) is 9.53 Å². The molecular weight excluding hydrogens is 280 g/mol. The Labute approximate surface area is 123 Å². The highest BCUT2D eigenvalue weighted by atomic mass is 35.5. The first-order chi connectivity index (χ1) is 9.10. The van der Waals surface area contributed by atoms with Gasteiger partial charge in [0.05, 0.1) is 16.3 Å². The van der Waals surface area contributed by atoms with Crippen molar-refractivity contribution in [1.29, 1.82) is 0 Å². The minimum Gasteiger partial charge on any atom is -0.449 e. The summed E-state index contributed by atoms with van der Waals surface area (Å²) in [6.45, 7) is 7.05. The van der Waals surface area contributed by atoms with Gasteiger partial charge in [-0.2, -0.15) is 0 Å². The van der Waals surface area contributed by atoms with Crippen molar-refractivity contribution in [2.24, 2.45) is 0 Å². The maximum atomic E-state index is 11.9. The van der Waals surface area contributed by atoms with E-state index >= 15 is 0 Å². The molecule has 0 saturated heterocycles. The number of benzene rings is 1. The van der Waals surface area contributed by atoms with E-state index in [2.05, 4.69) is 5.32 Å². The fraction of sp³-hybridized carbons (Fsp3) is 0.429. The van der Waals surface area contributed by atoms with Crippen molar-refractivity contribution in [2.75, 3.05) is 5.73 Å². The summed E-state index contributed by atoms with van der Waals surface area (Å²) < 4.78 is 5.09. The molecule has 1 atom stereocenters. The van der Waals surface area contributed by atoms with Gasteiger partial charge in [0.1, 0.15) is 0 Å². The average molecular weight is 299 g/mol. The highest BCUT2D eigenvalue weighted by Gasteiger charge is 2.23.